The van der Waals surface area contributed by atoms with Gasteiger partial charge in [-0.1, -0.05) is 23.7 Å². The van der Waals surface area contributed by atoms with E-state index in [4.69, 9.17) is 16.3 Å². The number of likely N-dealkylation sites (N-methyl/N-ethyl adjacent to an activating group) is 1. The Morgan fingerprint density at radius 3 is 2.88 bits per heavy atom. The Labute approximate surface area is 108 Å². The van der Waals surface area contributed by atoms with Crippen molar-refractivity contribution in [3.63, 3.8) is 0 Å². The van der Waals surface area contributed by atoms with Crippen LogP contribution < -0.4 is 5.32 Å². The number of morpholine rings is 1. The van der Waals surface area contributed by atoms with Gasteiger partial charge >= 0.3 is 0 Å². The summed E-state index contributed by atoms with van der Waals surface area (Å²) in [6.45, 7) is 4.64. The lowest BCUT2D eigenvalue weighted by Gasteiger charge is -2.30. The maximum atomic E-state index is 5.84. The van der Waals surface area contributed by atoms with Crippen molar-refractivity contribution < 1.29 is 4.74 Å². The summed E-state index contributed by atoms with van der Waals surface area (Å²) in [5.41, 5.74) is 1.25. The molecule has 1 heterocycles. The van der Waals surface area contributed by atoms with Crippen molar-refractivity contribution in [2.45, 2.75) is 12.6 Å². The Morgan fingerprint density at radius 1 is 1.41 bits per heavy atom. The molecule has 0 radical (unpaired) electrons. The highest BCUT2D eigenvalue weighted by Crippen LogP contribution is 2.09. The Kier molecular flexibility index (Phi) is 4.80. The van der Waals surface area contributed by atoms with Gasteiger partial charge in [0.05, 0.1) is 12.7 Å². The first kappa shape index (κ1) is 12.8. The molecule has 1 aliphatic heterocycles. The highest BCUT2D eigenvalue weighted by atomic mass is 35.5. The van der Waals surface area contributed by atoms with E-state index in [0.29, 0.717) is 6.10 Å². The molecule has 94 valence electrons. The summed E-state index contributed by atoms with van der Waals surface area (Å²) in [6, 6.07) is 7.93. The van der Waals surface area contributed by atoms with Crippen LogP contribution >= 0.6 is 11.6 Å². The normalized spacial score (nSPS) is 21.6. The van der Waals surface area contributed by atoms with Gasteiger partial charge < -0.3 is 15.0 Å². The van der Waals surface area contributed by atoms with Gasteiger partial charge in [-0.3, -0.25) is 0 Å². The van der Waals surface area contributed by atoms with Gasteiger partial charge in [-0.2, -0.15) is 0 Å². The first-order chi connectivity index (χ1) is 8.24. The van der Waals surface area contributed by atoms with Gasteiger partial charge in [0.2, 0.25) is 0 Å². The fourth-order valence-corrected chi connectivity index (χ4v) is 2.10. The lowest BCUT2D eigenvalue weighted by atomic mass is 10.2. The summed E-state index contributed by atoms with van der Waals surface area (Å²) in [4.78, 5) is 2.30. The van der Waals surface area contributed by atoms with Crippen molar-refractivity contribution in [3.8, 4) is 0 Å². The summed E-state index contributed by atoms with van der Waals surface area (Å²) in [5.74, 6) is 0. The molecule has 1 saturated heterocycles. The number of halogens is 1. The van der Waals surface area contributed by atoms with Crippen molar-refractivity contribution >= 4 is 11.6 Å². The molecule has 2 rings (SSSR count). The molecule has 1 aliphatic rings. The van der Waals surface area contributed by atoms with E-state index in [1.54, 1.807) is 0 Å². The van der Waals surface area contributed by atoms with Crippen LogP contribution in [0.4, 0.5) is 0 Å². The first-order valence-electron chi connectivity index (χ1n) is 5.99. The van der Waals surface area contributed by atoms with Gasteiger partial charge in [0.1, 0.15) is 0 Å². The minimum atomic E-state index is 0.307. The summed E-state index contributed by atoms with van der Waals surface area (Å²) in [6.07, 6.45) is 0.307. The quantitative estimate of drug-likeness (QED) is 0.886. The molecule has 0 bridgehead atoms. The molecule has 1 fully saturated rings. The van der Waals surface area contributed by atoms with E-state index in [9.17, 15) is 0 Å². The molecule has 1 aromatic carbocycles. The lowest BCUT2D eigenvalue weighted by Crippen LogP contribution is -2.44. The van der Waals surface area contributed by atoms with E-state index in [1.807, 2.05) is 24.3 Å². The molecule has 4 heteroatoms. The van der Waals surface area contributed by atoms with Crippen LogP contribution in [0.15, 0.2) is 24.3 Å². The van der Waals surface area contributed by atoms with E-state index in [0.717, 1.165) is 37.8 Å². The van der Waals surface area contributed by atoms with Crippen molar-refractivity contribution in [3.05, 3.63) is 34.9 Å². The molecule has 1 aromatic rings. The van der Waals surface area contributed by atoms with Crippen molar-refractivity contribution in [2.75, 3.05) is 33.3 Å². The second kappa shape index (κ2) is 6.36. The van der Waals surface area contributed by atoms with E-state index in [1.165, 1.54) is 5.56 Å². The fraction of sp³-hybridized carbons (Fsp3) is 0.538. The molecular weight excluding hydrogens is 236 g/mol. The summed E-state index contributed by atoms with van der Waals surface area (Å²) >= 11 is 5.84. The highest BCUT2D eigenvalue weighted by Gasteiger charge is 2.16. The molecule has 0 aromatic heterocycles. The average molecular weight is 255 g/mol. The van der Waals surface area contributed by atoms with Crippen LogP contribution in [0.5, 0.6) is 0 Å². The molecular formula is C13H19ClN2O. The second-order valence-electron chi connectivity index (χ2n) is 4.51. The molecule has 3 nitrogen and oxygen atoms in total. The molecule has 0 amide bonds. The molecule has 0 unspecified atom stereocenters. The predicted octanol–water partition coefficient (Wildman–Crippen LogP) is 1.76. The largest absolute Gasteiger partial charge is 0.374 e. The van der Waals surface area contributed by atoms with E-state index >= 15 is 0 Å². The van der Waals surface area contributed by atoms with Crippen LogP contribution in [0.1, 0.15) is 5.56 Å². The van der Waals surface area contributed by atoms with Gasteiger partial charge in [-0.25, -0.2) is 0 Å². The van der Waals surface area contributed by atoms with Gasteiger partial charge in [-0.05, 0) is 24.7 Å². The predicted molar refractivity (Wildman–Crippen MR) is 70.4 cm³/mol. The van der Waals surface area contributed by atoms with Crippen molar-refractivity contribution in [2.24, 2.45) is 0 Å². The average Bonchev–Trinajstić information content (AvgIpc) is 2.32. The number of hydrogen-bond acceptors (Lipinski definition) is 3. The Bertz CT molecular complexity index is 342. The van der Waals surface area contributed by atoms with Gasteiger partial charge in [0, 0.05) is 31.2 Å². The molecule has 1 N–H and O–H groups in total. The van der Waals surface area contributed by atoms with Gasteiger partial charge in [0.25, 0.3) is 0 Å². The zero-order valence-electron chi connectivity index (χ0n) is 10.2. The molecule has 0 saturated carbocycles. The fourth-order valence-electron chi connectivity index (χ4n) is 1.97. The van der Waals surface area contributed by atoms with Gasteiger partial charge in [-0.15, -0.1) is 0 Å². The third kappa shape index (κ3) is 4.28. The second-order valence-corrected chi connectivity index (χ2v) is 4.95. The summed E-state index contributed by atoms with van der Waals surface area (Å²) in [7, 11) is 2.13. The highest BCUT2D eigenvalue weighted by molar-refractivity contribution is 6.30. The van der Waals surface area contributed by atoms with E-state index < -0.39 is 0 Å². The third-order valence-corrected chi connectivity index (χ3v) is 3.21. The minimum Gasteiger partial charge on any atom is -0.374 e. The topological polar surface area (TPSA) is 24.5 Å². The van der Waals surface area contributed by atoms with Crippen molar-refractivity contribution in [1.82, 2.24) is 10.2 Å². The van der Waals surface area contributed by atoms with Crippen LogP contribution in [-0.4, -0.2) is 44.3 Å². The van der Waals surface area contributed by atoms with E-state index in [2.05, 4.69) is 17.3 Å². The number of hydrogen-bond donors (Lipinski definition) is 1. The summed E-state index contributed by atoms with van der Waals surface area (Å²) in [5, 5.41) is 4.20. The molecule has 1 atom stereocenters. The zero-order chi connectivity index (χ0) is 12.1. The third-order valence-electron chi connectivity index (χ3n) is 2.96. The standard InChI is InChI=1S/C13H19ClN2O/c1-16-6-7-17-13(10-16)9-15-8-11-2-4-12(14)5-3-11/h2-5,13,15H,6-10H2,1H3/t13-/m0/s1. The number of nitrogens with zero attached hydrogens (tertiary/aromatic N) is 1. The smallest absolute Gasteiger partial charge is 0.0826 e. The number of nitrogens with one attached hydrogen (secondary N) is 1. The van der Waals surface area contributed by atoms with Crippen LogP contribution in [0.3, 0.4) is 0 Å². The van der Waals surface area contributed by atoms with E-state index in [-0.39, 0.29) is 0 Å². The maximum Gasteiger partial charge on any atom is 0.0826 e. The number of benzene rings is 1. The van der Waals surface area contributed by atoms with Crippen LogP contribution in [0.25, 0.3) is 0 Å². The monoisotopic (exact) mass is 254 g/mol. The SMILES string of the molecule is CN1CCO[C@@H](CNCc2ccc(Cl)cc2)C1. The van der Waals surface area contributed by atoms with Crippen LogP contribution in [-0.2, 0) is 11.3 Å². The zero-order valence-corrected chi connectivity index (χ0v) is 10.9. The van der Waals surface area contributed by atoms with Crippen LogP contribution in [0.2, 0.25) is 5.02 Å². The minimum absolute atomic E-state index is 0.307. The lowest BCUT2D eigenvalue weighted by molar-refractivity contribution is -0.0182. The van der Waals surface area contributed by atoms with Crippen molar-refractivity contribution in [1.29, 1.82) is 0 Å². The number of ether oxygens (including phenoxy) is 1. The maximum absolute atomic E-state index is 5.84. The number of rotatable bonds is 4. The Morgan fingerprint density at radius 2 is 2.18 bits per heavy atom. The van der Waals surface area contributed by atoms with Crippen LogP contribution in [0, 0.1) is 0 Å². The Hall–Kier alpha value is -0.610. The van der Waals surface area contributed by atoms with Gasteiger partial charge in [0.15, 0.2) is 0 Å². The Balaban J connectivity index is 1.70. The summed E-state index contributed by atoms with van der Waals surface area (Å²) < 4.78 is 5.68. The molecule has 17 heavy (non-hydrogen) atoms. The molecule has 0 spiro atoms. The first-order valence-corrected chi connectivity index (χ1v) is 6.37. The molecule has 0 aliphatic carbocycles.